The Morgan fingerprint density at radius 1 is 1.00 bits per heavy atom. The van der Waals surface area contributed by atoms with Crippen LogP contribution in [0.1, 0.15) is 51.0 Å². The molecule has 1 aliphatic rings. The number of anilines is 1. The monoisotopic (exact) mass is 629 g/mol. The molecular weight excluding hydrogens is 593 g/mol. The fourth-order valence-corrected chi connectivity index (χ4v) is 6.89. The van der Waals surface area contributed by atoms with E-state index in [1.165, 1.54) is 48.4 Å². The lowest BCUT2D eigenvalue weighted by Gasteiger charge is -2.34. The number of hydrogen-bond donors (Lipinski definition) is 1. The molecule has 0 aromatic heterocycles. The van der Waals surface area contributed by atoms with E-state index in [1.807, 2.05) is 6.92 Å². The Hall–Kier alpha value is -3.63. The maximum Gasteiger partial charge on any atom is 0.264 e. The molecule has 0 bridgehead atoms. The summed E-state index contributed by atoms with van der Waals surface area (Å²) in [6.07, 6.45) is 5.23. The molecule has 0 heterocycles. The van der Waals surface area contributed by atoms with Crippen molar-refractivity contribution in [2.45, 2.75) is 69.0 Å². The van der Waals surface area contributed by atoms with E-state index in [1.54, 1.807) is 24.3 Å². The minimum Gasteiger partial charge on any atom is -0.497 e. The first-order valence-electron chi connectivity index (χ1n) is 14.4. The largest absolute Gasteiger partial charge is 0.497 e. The summed E-state index contributed by atoms with van der Waals surface area (Å²) in [4.78, 5) is 29.1. The summed E-state index contributed by atoms with van der Waals surface area (Å²) in [5.74, 6) is -0.986. The molecule has 2 amide bonds. The Bertz CT molecular complexity index is 1500. The van der Waals surface area contributed by atoms with Crippen molar-refractivity contribution in [3.63, 3.8) is 0 Å². The average molecular weight is 630 g/mol. The van der Waals surface area contributed by atoms with Crippen LogP contribution in [-0.4, -0.2) is 50.9 Å². The van der Waals surface area contributed by atoms with E-state index in [9.17, 15) is 22.4 Å². The number of rotatable bonds is 12. The molecular formula is C32H37ClFN3O5S. The zero-order valence-electron chi connectivity index (χ0n) is 24.3. The van der Waals surface area contributed by atoms with Crippen molar-refractivity contribution in [3.8, 4) is 5.75 Å². The predicted molar refractivity (Wildman–Crippen MR) is 165 cm³/mol. The molecule has 0 aliphatic heterocycles. The third kappa shape index (κ3) is 8.06. The molecule has 0 unspecified atom stereocenters. The SMILES string of the molecule is CC[C@H](C(=O)NC1CCCCC1)N(Cc1ccccc1Cl)C(=O)CN(c1ccc(F)cc1)S(=O)(=O)c1ccc(OC)cc1. The number of halogens is 2. The van der Waals surface area contributed by atoms with Gasteiger partial charge in [-0.25, -0.2) is 12.8 Å². The second kappa shape index (κ2) is 14.7. The number of nitrogens with one attached hydrogen (secondary N) is 1. The first kappa shape index (κ1) is 32.3. The van der Waals surface area contributed by atoms with E-state index in [-0.39, 0.29) is 29.1 Å². The van der Waals surface area contributed by atoms with Gasteiger partial charge in [-0.05, 0) is 79.4 Å². The number of ether oxygens (including phenoxy) is 1. The lowest BCUT2D eigenvalue weighted by Crippen LogP contribution is -2.54. The van der Waals surface area contributed by atoms with Crippen molar-refractivity contribution in [1.82, 2.24) is 10.2 Å². The third-order valence-electron chi connectivity index (χ3n) is 7.68. The average Bonchev–Trinajstić information content (AvgIpc) is 3.01. The maximum absolute atomic E-state index is 14.2. The van der Waals surface area contributed by atoms with Gasteiger partial charge in [0.25, 0.3) is 10.0 Å². The van der Waals surface area contributed by atoms with Crippen LogP contribution < -0.4 is 14.4 Å². The third-order valence-corrected chi connectivity index (χ3v) is 9.83. The van der Waals surface area contributed by atoms with Gasteiger partial charge in [0, 0.05) is 17.6 Å². The number of nitrogens with zero attached hydrogens (tertiary/aromatic N) is 2. The molecule has 1 saturated carbocycles. The van der Waals surface area contributed by atoms with Crippen LogP contribution in [0.25, 0.3) is 0 Å². The second-order valence-corrected chi connectivity index (χ2v) is 12.8. The summed E-state index contributed by atoms with van der Waals surface area (Å²) in [5.41, 5.74) is 0.718. The number of benzene rings is 3. The molecule has 230 valence electrons. The highest BCUT2D eigenvalue weighted by atomic mass is 35.5. The van der Waals surface area contributed by atoms with E-state index in [2.05, 4.69) is 5.32 Å². The summed E-state index contributed by atoms with van der Waals surface area (Å²) in [6, 6.07) is 16.8. The van der Waals surface area contributed by atoms with E-state index in [4.69, 9.17) is 16.3 Å². The van der Waals surface area contributed by atoms with Gasteiger partial charge in [0.05, 0.1) is 17.7 Å². The van der Waals surface area contributed by atoms with Gasteiger partial charge < -0.3 is 15.0 Å². The van der Waals surface area contributed by atoms with Crippen molar-refractivity contribution >= 4 is 39.1 Å². The number of carbonyl (C=O) groups excluding carboxylic acids is 2. The first-order chi connectivity index (χ1) is 20.6. The van der Waals surface area contributed by atoms with Crippen molar-refractivity contribution in [2.24, 2.45) is 0 Å². The normalized spacial score (nSPS) is 14.5. The van der Waals surface area contributed by atoms with E-state index in [0.29, 0.717) is 22.8 Å². The minimum atomic E-state index is -4.30. The van der Waals surface area contributed by atoms with Gasteiger partial charge in [0.1, 0.15) is 24.2 Å². The second-order valence-electron chi connectivity index (χ2n) is 10.5. The molecule has 1 atom stereocenters. The molecule has 4 rings (SSSR count). The summed E-state index contributed by atoms with van der Waals surface area (Å²) < 4.78 is 47.8. The van der Waals surface area contributed by atoms with Crippen LogP contribution in [-0.2, 0) is 26.2 Å². The van der Waals surface area contributed by atoms with Crippen molar-refractivity contribution in [1.29, 1.82) is 0 Å². The molecule has 1 N–H and O–H groups in total. The van der Waals surface area contributed by atoms with Gasteiger partial charge in [0.2, 0.25) is 11.8 Å². The molecule has 1 fully saturated rings. The van der Waals surface area contributed by atoms with Crippen molar-refractivity contribution in [3.05, 3.63) is 89.2 Å². The van der Waals surface area contributed by atoms with Crippen LogP contribution in [0.5, 0.6) is 5.75 Å². The summed E-state index contributed by atoms with van der Waals surface area (Å²) >= 11 is 6.46. The Labute approximate surface area is 257 Å². The summed E-state index contributed by atoms with van der Waals surface area (Å²) in [6.45, 7) is 1.18. The molecule has 43 heavy (non-hydrogen) atoms. The van der Waals surface area contributed by atoms with Crippen molar-refractivity contribution in [2.75, 3.05) is 18.0 Å². The highest BCUT2D eigenvalue weighted by Gasteiger charge is 2.34. The van der Waals surface area contributed by atoms with Gasteiger partial charge in [-0.1, -0.05) is 56.0 Å². The lowest BCUT2D eigenvalue weighted by molar-refractivity contribution is -0.140. The molecule has 11 heteroatoms. The smallest absolute Gasteiger partial charge is 0.264 e. The fraction of sp³-hybridized carbons (Fsp3) is 0.375. The minimum absolute atomic E-state index is 0.00502. The highest BCUT2D eigenvalue weighted by Crippen LogP contribution is 2.27. The van der Waals surface area contributed by atoms with Crippen LogP contribution in [0.2, 0.25) is 5.02 Å². The molecule has 0 radical (unpaired) electrons. The standard InChI is InChI=1S/C32H37ClFN3O5S/c1-3-30(32(39)35-25-10-5-4-6-11-25)36(21-23-9-7-8-12-29(23)33)31(38)22-37(26-15-13-24(34)14-16-26)43(40,41)28-19-17-27(42-2)18-20-28/h7-9,12-20,25,30H,3-6,10-11,21-22H2,1-2H3,(H,35,39)/t30-/m1/s1. The Kier molecular flexibility index (Phi) is 11.0. The Balaban J connectivity index is 1.71. The fourth-order valence-electron chi connectivity index (χ4n) is 5.28. The van der Waals surface area contributed by atoms with Gasteiger partial charge >= 0.3 is 0 Å². The summed E-state index contributed by atoms with van der Waals surface area (Å²) in [5, 5.41) is 3.53. The topological polar surface area (TPSA) is 96.0 Å². The molecule has 3 aromatic carbocycles. The molecule has 0 saturated heterocycles. The number of sulfonamides is 1. The van der Waals surface area contributed by atoms with Crippen molar-refractivity contribution < 1.29 is 27.1 Å². The zero-order chi connectivity index (χ0) is 31.0. The Morgan fingerprint density at radius 2 is 1.65 bits per heavy atom. The van der Waals surface area contributed by atoms with E-state index >= 15 is 0 Å². The Morgan fingerprint density at radius 3 is 2.26 bits per heavy atom. The molecule has 3 aromatic rings. The molecule has 8 nitrogen and oxygen atoms in total. The van der Waals surface area contributed by atoms with Gasteiger partial charge in [-0.15, -0.1) is 0 Å². The predicted octanol–water partition coefficient (Wildman–Crippen LogP) is 5.94. The van der Waals surface area contributed by atoms with Gasteiger partial charge in [-0.2, -0.15) is 0 Å². The summed E-state index contributed by atoms with van der Waals surface area (Å²) in [7, 11) is -2.83. The highest BCUT2D eigenvalue weighted by molar-refractivity contribution is 7.92. The van der Waals surface area contributed by atoms with E-state index in [0.717, 1.165) is 48.5 Å². The molecule has 1 aliphatic carbocycles. The number of carbonyl (C=O) groups is 2. The van der Waals surface area contributed by atoms with Crippen LogP contribution in [0.3, 0.4) is 0 Å². The number of amides is 2. The quantitative estimate of drug-likeness (QED) is 0.268. The van der Waals surface area contributed by atoms with Crippen LogP contribution >= 0.6 is 11.6 Å². The number of methoxy groups -OCH3 is 1. The van der Waals surface area contributed by atoms with Gasteiger partial charge in [0.15, 0.2) is 0 Å². The van der Waals surface area contributed by atoms with Crippen LogP contribution in [0.4, 0.5) is 10.1 Å². The molecule has 0 spiro atoms. The van der Waals surface area contributed by atoms with E-state index < -0.39 is 34.3 Å². The van der Waals surface area contributed by atoms with Crippen LogP contribution in [0, 0.1) is 5.82 Å². The van der Waals surface area contributed by atoms with Gasteiger partial charge in [-0.3, -0.25) is 13.9 Å². The lowest BCUT2D eigenvalue weighted by atomic mass is 9.95. The van der Waals surface area contributed by atoms with Crippen LogP contribution in [0.15, 0.2) is 77.7 Å². The maximum atomic E-state index is 14.2. The zero-order valence-corrected chi connectivity index (χ0v) is 25.9. The first-order valence-corrected chi connectivity index (χ1v) is 16.2. The number of hydrogen-bond acceptors (Lipinski definition) is 5.